The molecule has 1 saturated heterocycles. The zero-order chi connectivity index (χ0) is 15.2. The van der Waals surface area contributed by atoms with E-state index in [0.717, 1.165) is 43.8 Å². The van der Waals surface area contributed by atoms with Gasteiger partial charge in [-0.1, -0.05) is 26.7 Å². The second-order valence-corrected chi connectivity index (χ2v) is 7.07. The number of rotatable bonds is 6. The zero-order valence-electron chi connectivity index (χ0n) is 13.6. The van der Waals surface area contributed by atoms with Crippen molar-refractivity contribution in [1.29, 1.82) is 0 Å². The lowest BCUT2D eigenvalue weighted by Gasteiger charge is -2.42. The van der Waals surface area contributed by atoms with E-state index in [4.69, 9.17) is 9.84 Å². The van der Waals surface area contributed by atoms with Gasteiger partial charge in [0.1, 0.15) is 0 Å². The molecule has 4 nitrogen and oxygen atoms in total. The third-order valence-corrected chi connectivity index (χ3v) is 5.29. The van der Waals surface area contributed by atoms with E-state index in [-0.39, 0.29) is 12.5 Å². The number of ether oxygens (including phenoxy) is 1. The summed E-state index contributed by atoms with van der Waals surface area (Å²) in [5.74, 6) is 0.937. The molecule has 0 radical (unpaired) electrons. The van der Waals surface area contributed by atoms with Crippen molar-refractivity contribution in [3.63, 3.8) is 0 Å². The predicted molar refractivity (Wildman–Crippen MR) is 83.4 cm³/mol. The van der Waals surface area contributed by atoms with Crippen molar-refractivity contribution in [3.8, 4) is 0 Å². The van der Waals surface area contributed by atoms with Crippen LogP contribution in [-0.4, -0.2) is 47.8 Å². The van der Waals surface area contributed by atoms with E-state index in [0.29, 0.717) is 6.61 Å². The molecule has 0 amide bonds. The van der Waals surface area contributed by atoms with Gasteiger partial charge in [-0.05, 0) is 37.5 Å². The Morgan fingerprint density at radius 1 is 1.24 bits per heavy atom. The summed E-state index contributed by atoms with van der Waals surface area (Å²) in [4.78, 5) is 13.2. The van der Waals surface area contributed by atoms with Gasteiger partial charge in [0.05, 0.1) is 19.1 Å². The van der Waals surface area contributed by atoms with E-state index >= 15 is 0 Å². The van der Waals surface area contributed by atoms with Crippen LogP contribution >= 0.6 is 0 Å². The van der Waals surface area contributed by atoms with Crippen LogP contribution in [0.25, 0.3) is 0 Å². The summed E-state index contributed by atoms with van der Waals surface area (Å²) in [6.45, 7) is 7.31. The van der Waals surface area contributed by atoms with Crippen LogP contribution in [0.15, 0.2) is 0 Å². The fourth-order valence-corrected chi connectivity index (χ4v) is 3.86. The number of hydrogen-bond donors (Lipinski definition) is 1. The maximum absolute atomic E-state index is 10.5. The first-order valence-electron chi connectivity index (χ1n) is 8.63. The molecule has 0 aromatic heterocycles. The Morgan fingerprint density at radius 2 is 1.95 bits per heavy atom. The van der Waals surface area contributed by atoms with Crippen LogP contribution in [0.1, 0.15) is 58.8 Å². The Kier molecular flexibility index (Phi) is 6.49. The van der Waals surface area contributed by atoms with E-state index in [1.54, 1.807) is 0 Å². The second-order valence-electron chi connectivity index (χ2n) is 7.07. The number of nitrogens with zero attached hydrogens (tertiary/aromatic N) is 1. The van der Waals surface area contributed by atoms with Gasteiger partial charge < -0.3 is 14.7 Å². The Balaban J connectivity index is 1.69. The van der Waals surface area contributed by atoms with Gasteiger partial charge in [0, 0.05) is 19.1 Å². The van der Waals surface area contributed by atoms with Crippen LogP contribution in [0.5, 0.6) is 0 Å². The molecular formula is C17H31NO3. The molecule has 122 valence electrons. The largest absolute Gasteiger partial charge is 0.481 e. The minimum atomic E-state index is -0.769. The first-order valence-corrected chi connectivity index (χ1v) is 8.63. The van der Waals surface area contributed by atoms with Gasteiger partial charge in [0.2, 0.25) is 0 Å². The number of piperidine rings is 1. The lowest BCUT2D eigenvalue weighted by molar-refractivity contribution is -0.138. The summed E-state index contributed by atoms with van der Waals surface area (Å²) in [5.41, 5.74) is 0. The van der Waals surface area contributed by atoms with E-state index in [1.807, 2.05) is 0 Å². The molecule has 2 aliphatic rings. The molecule has 1 saturated carbocycles. The fourth-order valence-electron chi connectivity index (χ4n) is 3.86. The smallest absolute Gasteiger partial charge is 0.305 e. The molecule has 2 fully saturated rings. The van der Waals surface area contributed by atoms with Crippen molar-refractivity contribution in [3.05, 3.63) is 0 Å². The maximum Gasteiger partial charge on any atom is 0.305 e. The normalized spacial score (nSPS) is 28.9. The van der Waals surface area contributed by atoms with Crippen molar-refractivity contribution < 1.29 is 14.6 Å². The highest BCUT2D eigenvalue weighted by Gasteiger charge is 2.30. The third-order valence-electron chi connectivity index (χ3n) is 5.29. The maximum atomic E-state index is 10.5. The van der Waals surface area contributed by atoms with Crippen molar-refractivity contribution in [2.75, 3.05) is 19.7 Å². The Morgan fingerprint density at radius 3 is 2.57 bits per heavy atom. The molecule has 1 aliphatic carbocycles. The van der Waals surface area contributed by atoms with Crippen LogP contribution < -0.4 is 0 Å². The van der Waals surface area contributed by atoms with Crippen LogP contribution in [0.4, 0.5) is 0 Å². The molecular weight excluding hydrogens is 266 g/mol. The van der Waals surface area contributed by atoms with Gasteiger partial charge in [-0.2, -0.15) is 0 Å². The Hall–Kier alpha value is -0.610. The van der Waals surface area contributed by atoms with Gasteiger partial charge in [0.15, 0.2) is 0 Å². The highest BCUT2D eigenvalue weighted by molar-refractivity contribution is 5.66. The quantitative estimate of drug-likeness (QED) is 0.818. The Bertz CT molecular complexity index is 324. The monoisotopic (exact) mass is 297 g/mol. The van der Waals surface area contributed by atoms with Crippen LogP contribution in [-0.2, 0) is 9.53 Å². The minimum Gasteiger partial charge on any atom is -0.481 e. The van der Waals surface area contributed by atoms with Gasteiger partial charge in [-0.15, -0.1) is 0 Å². The Labute approximate surface area is 128 Å². The summed E-state index contributed by atoms with van der Waals surface area (Å²) < 4.78 is 5.68. The molecule has 0 aromatic carbocycles. The number of carbonyl (C=O) groups is 1. The summed E-state index contributed by atoms with van der Waals surface area (Å²) >= 11 is 0. The molecule has 2 unspecified atom stereocenters. The van der Waals surface area contributed by atoms with Gasteiger partial charge >= 0.3 is 5.97 Å². The first kappa shape index (κ1) is 16.8. The van der Waals surface area contributed by atoms with Crippen molar-refractivity contribution in [2.24, 2.45) is 11.8 Å². The summed E-state index contributed by atoms with van der Waals surface area (Å²) in [5, 5.41) is 8.64. The molecule has 1 N–H and O–H groups in total. The summed E-state index contributed by atoms with van der Waals surface area (Å²) in [6.07, 6.45) is 8.01. The molecule has 1 aliphatic heterocycles. The fraction of sp³-hybridized carbons (Fsp3) is 0.941. The van der Waals surface area contributed by atoms with Gasteiger partial charge in [0.25, 0.3) is 0 Å². The second kappa shape index (κ2) is 8.14. The molecule has 0 aromatic rings. The van der Waals surface area contributed by atoms with E-state index < -0.39 is 5.97 Å². The molecule has 4 heteroatoms. The summed E-state index contributed by atoms with van der Waals surface area (Å²) in [7, 11) is 0. The van der Waals surface area contributed by atoms with Crippen LogP contribution in [0, 0.1) is 11.8 Å². The number of hydrogen-bond acceptors (Lipinski definition) is 3. The minimum absolute atomic E-state index is 0.124. The highest BCUT2D eigenvalue weighted by atomic mass is 16.5. The number of likely N-dealkylation sites (tertiary alicyclic amines) is 1. The lowest BCUT2D eigenvalue weighted by atomic mass is 9.78. The molecule has 0 spiro atoms. The number of carboxylic acids is 1. The average Bonchev–Trinajstić information content (AvgIpc) is 2.48. The molecule has 21 heavy (non-hydrogen) atoms. The molecule has 1 heterocycles. The van der Waals surface area contributed by atoms with E-state index in [1.165, 1.54) is 25.7 Å². The number of carboxylic acid groups (broad SMARTS) is 1. The summed E-state index contributed by atoms with van der Waals surface area (Å²) in [6, 6.07) is 0.770. The first-order chi connectivity index (χ1) is 10.1. The van der Waals surface area contributed by atoms with Gasteiger partial charge in [-0.3, -0.25) is 4.79 Å². The lowest BCUT2D eigenvalue weighted by Crippen LogP contribution is -2.45. The van der Waals surface area contributed by atoms with Crippen LogP contribution in [0.3, 0.4) is 0 Å². The van der Waals surface area contributed by atoms with E-state index in [2.05, 4.69) is 18.7 Å². The molecule has 2 atom stereocenters. The number of aliphatic carboxylic acids is 1. The zero-order valence-corrected chi connectivity index (χ0v) is 13.6. The van der Waals surface area contributed by atoms with Crippen LogP contribution in [0.2, 0.25) is 0 Å². The molecule has 2 rings (SSSR count). The highest BCUT2D eigenvalue weighted by Crippen LogP contribution is 2.33. The average molecular weight is 297 g/mol. The molecule has 0 bridgehead atoms. The van der Waals surface area contributed by atoms with E-state index in [9.17, 15) is 4.79 Å². The third kappa shape index (κ3) is 5.26. The standard InChI is InChI=1S/C17H31NO3/c1-13(2)14-4-3-5-15(12-14)18-9-6-16(7-10-18)21-11-8-17(19)20/h13-16H,3-12H2,1-2H3,(H,19,20). The SMILES string of the molecule is CC(C)C1CCCC(N2CCC(OCCC(=O)O)CC2)C1. The topological polar surface area (TPSA) is 49.8 Å². The van der Waals surface area contributed by atoms with Crippen molar-refractivity contribution >= 4 is 5.97 Å². The van der Waals surface area contributed by atoms with Gasteiger partial charge in [-0.25, -0.2) is 0 Å². The predicted octanol–water partition coefficient (Wildman–Crippen LogP) is 3.16. The van der Waals surface area contributed by atoms with Crippen molar-refractivity contribution in [2.45, 2.75) is 70.9 Å². The van der Waals surface area contributed by atoms with Crippen molar-refractivity contribution in [1.82, 2.24) is 4.90 Å².